The van der Waals surface area contributed by atoms with Crippen LogP contribution in [0.1, 0.15) is 33.1 Å². The summed E-state index contributed by atoms with van der Waals surface area (Å²) in [6.07, 6.45) is 5.59. The maximum Gasteiger partial charge on any atom is 0.242 e. The van der Waals surface area contributed by atoms with Crippen LogP contribution in [0, 0.1) is 0 Å². The average Bonchev–Trinajstić information content (AvgIpc) is 3.09. The molecule has 2 saturated heterocycles. The van der Waals surface area contributed by atoms with Gasteiger partial charge in [-0.25, -0.2) is 0 Å². The number of ether oxygens (including phenoxy) is 1. The molecule has 0 spiro atoms. The van der Waals surface area contributed by atoms with Gasteiger partial charge in [-0.3, -0.25) is 9.59 Å². The first-order valence-corrected chi connectivity index (χ1v) is 11.9. The maximum atomic E-state index is 12.8. The Bertz CT molecular complexity index is 896. The number of fused-ring (bicyclic) bond motifs is 1. The molecule has 0 unspecified atom stereocenters. The zero-order valence-electron chi connectivity index (χ0n) is 17.9. The van der Waals surface area contributed by atoms with Crippen molar-refractivity contribution in [1.29, 1.82) is 0 Å². The number of carbonyl (C=O) groups excluding carboxylic acids is 2. The van der Waals surface area contributed by atoms with Crippen molar-refractivity contribution >= 4 is 34.5 Å². The number of benzene rings is 1. The highest BCUT2D eigenvalue weighted by Gasteiger charge is 2.26. The van der Waals surface area contributed by atoms with Gasteiger partial charge in [0.15, 0.2) is 0 Å². The summed E-state index contributed by atoms with van der Waals surface area (Å²) in [6.45, 7) is 7.40. The fourth-order valence-corrected chi connectivity index (χ4v) is 5.45. The van der Waals surface area contributed by atoms with Crippen molar-refractivity contribution in [1.82, 2.24) is 14.4 Å². The number of para-hydroxylation sites is 1. The highest BCUT2D eigenvalue weighted by molar-refractivity contribution is 8.00. The van der Waals surface area contributed by atoms with Crippen LogP contribution in [0.3, 0.4) is 0 Å². The van der Waals surface area contributed by atoms with Crippen molar-refractivity contribution < 1.29 is 14.3 Å². The van der Waals surface area contributed by atoms with E-state index in [0.717, 1.165) is 41.7 Å². The van der Waals surface area contributed by atoms with Gasteiger partial charge < -0.3 is 19.1 Å². The van der Waals surface area contributed by atoms with Gasteiger partial charge in [-0.15, -0.1) is 11.8 Å². The zero-order valence-corrected chi connectivity index (χ0v) is 18.7. The van der Waals surface area contributed by atoms with E-state index >= 15 is 0 Å². The number of thioether (sulfide) groups is 1. The molecule has 0 aliphatic carbocycles. The Hall–Kier alpha value is -1.99. The number of amides is 2. The second-order valence-electron chi connectivity index (χ2n) is 8.42. The third-order valence-electron chi connectivity index (χ3n) is 5.89. The van der Waals surface area contributed by atoms with Crippen LogP contribution in [0.4, 0.5) is 0 Å². The lowest BCUT2D eigenvalue weighted by atomic mass is 10.1. The highest BCUT2D eigenvalue weighted by Crippen LogP contribution is 2.30. The first-order chi connectivity index (χ1) is 14.5. The largest absolute Gasteiger partial charge is 0.372 e. The topological polar surface area (TPSA) is 54.8 Å². The van der Waals surface area contributed by atoms with Crippen LogP contribution in [0.5, 0.6) is 0 Å². The molecule has 0 bridgehead atoms. The van der Waals surface area contributed by atoms with Gasteiger partial charge in [0.05, 0.1) is 18.0 Å². The van der Waals surface area contributed by atoms with Crippen LogP contribution in [0.2, 0.25) is 0 Å². The van der Waals surface area contributed by atoms with Gasteiger partial charge in [0.25, 0.3) is 0 Å². The van der Waals surface area contributed by atoms with Crippen molar-refractivity contribution in [2.45, 2.75) is 56.8 Å². The fourth-order valence-electron chi connectivity index (χ4n) is 4.46. The molecule has 4 rings (SSSR count). The minimum atomic E-state index is 0.0745. The van der Waals surface area contributed by atoms with E-state index in [0.29, 0.717) is 25.4 Å². The molecule has 2 aliphatic heterocycles. The molecule has 0 N–H and O–H groups in total. The van der Waals surface area contributed by atoms with Crippen LogP contribution in [-0.2, 0) is 20.9 Å². The van der Waals surface area contributed by atoms with Gasteiger partial charge in [-0.05, 0) is 39.2 Å². The number of morpholine rings is 1. The molecule has 7 heteroatoms. The summed E-state index contributed by atoms with van der Waals surface area (Å²) < 4.78 is 7.78. The summed E-state index contributed by atoms with van der Waals surface area (Å²) in [5.41, 5.74) is 1.05. The predicted molar refractivity (Wildman–Crippen MR) is 120 cm³/mol. The van der Waals surface area contributed by atoms with E-state index in [1.807, 2.05) is 46.5 Å². The molecule has 2 amide bonds. The maximum absolute atomic E-state index is 12.8. The van der Waals surface area contributed by atoms with Crippen LogP contribution >= 0.6 is 11.8 Å². The first kappa shape index (κ1) is 21.2. The summed E-state index contributed by atoms with van der Waals surface area (Å²) in [7, 11) is 0. The van der Waals surface area contributed by atoms with E-state index in [2.05, 4.69) is 12.1 Å². The third-order valence-corrected chi connectivity index (χ3v) is 6.92. The van der Waals surface area contributed by atoms with Gasteiger partial charge in [-0.2, -0.15) is 0 Å². The molecule has 2 atom stereocenters. The minimum Gasteiger partial charge on any atom is -0.372 e. The highest BCUT2D eigenvalue weighted by atomic mass is 32.2. The molecule has 2 fully saturated rings. The van der Waals surface area contributed by atoms with Crippen molar-refractivity contribution in [2.75, 3.05) is 31.9 Å². The molecule has 0 saturated carbocycles. The normalized spacial score (nSPS) is 22.5. The van der Waals surface area contributed by atoms with Gasteiger partial charge in [0.1, 0.15) is 6.54 Å². The molecule has 1 aromatic carbocycles. The summed E-state index contributed by atoms with van der Waals surface area (Å²) in [4.78, 5) is 30.5. The summed E-state index contributed by atoms with van der Waals surface area (Å²) in [5, 5.41) is 1.10. The monoisotopic (exact) mass is 429 g/mol. The Kier molecular flexibility index (Phi) is 6.68. The SMILES string of the molecule is C[C@H]1CN(C(=O)CSc2cn(CC(=O)N3CCCCC3)c3ccccc23)C[C@H](C)O1. The summed E-state index contributed by atoms with van der Waals surface area (Å²) in [6, 6.07) is 8.13. The van der Waals surface area contributed by atoms with E-state index in [-0.39, 0.29) is 24.0 Å². The van der Waals surface area contributed by atoms with Crippen LogP contribution in [0.15, 0.2) is 35.4 Å². The zero-order chi connectivity index (χ0) is 21.1. The molecule has 2 aliphatic rings. The van der Waals surface area contributed by atoms with Crippen molar-refractivity contribution in [3.05, 3.63) is 30.5 Å². The van der Waals surface area contributed by atoms with Gasteiger partial charge in [0.2, 0.25) is 11.8 Å². The van der Waals surface area contributed by atoms with Gasteiger partial charge in [-0.1, -0.05) is 18.2 Å². The summed E-state index contributed by atoms with van der Waals surface area (Å²) in [5.74, 6) is 0.718. The van der Waals surface area contributed by atoms with E-state index in [4.69, 9.17) is 4.74 Å². The number of carbonyl (C=O) groups is 2. The number of likely N-dealkylation sites (tertiary alicyclic amines) is 1. The quantitative estimate of drug-likeness (QED) is 0.684. The number of rotatable bonds is 5. The smallest absolute Gasteiger partial charge is 0.242 e. The first-order valence-electron chi connectivity index (χ1n) is 10.9. The number of piperidine rings is 1. The average molecular weight is 430 g/mol. The molecular weight excluding hydrogens is 398 g/mol. The van der Waals surface area contributed by atoms with Gasteiger partial charge >= 0.3 is 0 Å². The molecule has 6 nitrogen and oxygen atoms in total. The van der Waals surface area contributed by atoms with E-state index in [1.165, 1.54) is 6.42 Å². The predicted octanol–water partition coefficient (Wildman–Crippen LogP) is 3.38. The Morgan fingerprint density at radius 2 is 1.70 bits per heavy atom. The Labute approximate surface area is 182 Å². The fraction of sp³-hybridized carbons (Fsp3) is 0.565. The van der Waals surface area contributed by atoms with Crippen LogP contribution < -0.4 is 0 Å². The summed E-state index contributed by atoms with van der Waals surface area (Å²) >= 11 is 1.56. The van der Waals surface area contributed by atoms with Crippen LogP contribution in [0.25, 0.3) is 10.9 Å². The molecular formula is C23H31N3O3S. The standard InChI is InChI=1S/C23H31N3O3S/c1-17-12-26(13-18(2)29-17)23(28)16-30-21-14-25(20-9-5-4-8-19(20)21)15-22(27)24-10-6-3-7-11-24/h4-5,8-9,14,17-18H,3,6-7,10-13,15-16H2,1-2H3/t17-,18-/m0/s1. The number of hydrogen-bond acceptors (Lipinski definition) is 4. The van der Waals surface area contributed by atoms with Crippen molar-refractivity contribution in [2.24, 2.45) is 0 Å². The van der Waals surface area contributed by atoms with Gasteiger partial charge in [0, 0.05) is 48.2 Å². The lowest BCUT2D eigenvalue weighted by Crippen LogP contribution is -2.48. The Morgan fingerprint density at radius 1 is 1.00 bits per heavy atom. The molecule has 0 radical (unpaired) electrons. The molecule has 30 heavy (non-hydrogen) atoms. The second kappa shape index (κ2) is 9.43. The Balaban J connectivity index is 1.45. The van der Waals surface area contributed by atoms with Crippen molar-refractivity contribution in [3.8, 4) is 0 Å². The Morgan fingerprint density at radius 3 is 2.43 bits per heavy atom. The molecule has 162 valence electrons. The lowest BCUT2D eigenvalue weighted by molar-refractivity contribution is -0.140. The van der Waals surface area contributed by atoms with Crippen molar-refractivity contribution in [3.63, 3.8) is 0 Å². The number of aromatic nitrogens is 1. The number of hydrogen-bond donors (Lipinski definition) is 0. The minimum absolute atomic E-state index is 0.0745. The van der Waals surface area contributed by atoms with E-state index in [9.17, 15) is 9.59 Å². The molecule has 2 aromatic rings. The third kappa shape index (κ3) is 4.83. The molecule has 3 heterocycles. The second-order valence-corrected chi connectivity index (χ2v) is 9.44. The molecule has 1 aromatic heterocycles. The van der Waals surface area contributed by atoms with E-state index < -0.39 is 0 Å². The van der Waals surface area contributed by atoms with E-state index in [1.54, 1.807) is 11.8 Å². The number of nitrogens with zero attached hydrogens (tertiary/aromatic N) is 3. The van der Waals surface area contributed by atoms with Crippen LogP contribution in [-0.4, -0.2) is 70.3 Å². The lowest BCUT2D eigenvalue weighted by Gasteiger charge is -2.35.